The third-order valence-electron chi connectivity index (χ3n) is 5.46. The van der Waals surface area contributed by atoms with Crippen molar-refractivity contribution in [2.45, 2.75) is 19.9 Å². The molecule has 1 aliphatic rings. The quantitative estimate of drug-likeness (QED) is 0.607. The molecule has 6 heteroatoms. The van der Waals surface area contributed by atoms with E-state index in [0.717, 1.165) is 37.4 Å². The first kappa shape index (κ1) is 21.4. The monoisotopic (exact) mass is 428 g/mol. The molecule has 4 rings (SSSR count). The fourth-order valence-corrected chi connectivity index (χ4v) is 4.04. The van der Waals surface area contributed by atoms with Crippen molar-refractivity contribution in [3.05, 3.63) is 84.4 Å². The molecular formula is C26H28N4O2. The summed E-state index contributed by atoms with van der Waals surface area (Å²) in [5.41, 5.74) is 4.92. The lowest BCUT2D eigenvalue weighted by molar-refractivity contribution is -0.115. The number of amides is 2. The van der Waals surface area contributed by atoms with Crippen LogP contribution in [0.1, 0.15) is 18.9 Å². The van der Waals surface area contributed by atoms with E-state index in [9.17, 15) is 9.59 Å². The first-order valence-corrected chi connectivity index (χ1v) is 10.9. The third-order valence-corrected chi connectivity index (χ3v) is 5.46. The number of rotatable bonds is 6. The highest BCUT2D eigenvalue weighted by molar-refractivity contribution is 5.95. The van der Waals surface area contributed by atoms with Gasteiger partial charge < -0.3 is 20.4 Å². The van der Waals surface area contributed by atoms with E-state index in [0.29, 0.717) is 11.4 Å². The average molecular weight is 429 g/mol. The molecule has 0 radical (unpaired) electrons. The lowest BCUT2D eigenvalue weighted by atomic mass is 10.1. The third kappa shape index (κ3) is 5.46. The summed E-state index contributed by atoms with van der Waals surface area (Å²) in [7, 11) is 0. The fourth-order valence-electron chi connectivity index (χ4n) is 4.04. The van der Waals surface area contributed by atoms with Crippen LogP contribution in [0.25, 0.3) is 0 Å². The van der Waals surface area contributed by atoms with E-state index in [-0.39, 0.29) is 18.4 Å². The van der Waals surface area contributed by atoms with Crippen LogP contribution < -0.4 is 20.4 Å². The number of anilines is 4. The zero-order chi connectivity index (χ0) is 22.3. The first-order valence-electron chi connectivity index (χ1n) is 10.9. The molecule has 3 aromatic rings. The van der Waals surface area contributed by atoms with Crippen molar-refractivity contribution in [1.82, 2.24) is 0 Å². The Morgan fingerprint density at radius 1 is 0.750 bits per heavy atom. The molecule has 0 saturated carbocycles. The Bertz CT molecular complexity index is 1070. The predicted molar refractivity (Wildman–Crippen MR) is 130 cm³/mol. The standard InChI is InChI=1S/C26H28N4O2/c1-20(31)27-22-12-14-23(15-13-22)28-26(32)19-30-17-7-16-29(18-21-8-3-2-4-9-21)24-10-5-6-11-25(24)30/h2-6,8-15H,7,16-19H2,1H3,(H,27,31)(H,28,32). The summed E-state index contributed by atoms with van der Waals surface area (Å²) < 4.78 is 0. The van der Waals surface area contributed by atoms with Crippen molar-refractivity contribution < 1.29 is 9.59 Å². The van der Waals surface area contributed by atoms with Gasteiger partial charge in [0.15, 0.2) is 0 Å². The van der Waals surface area contributed by atoms with Gasteiger partial charge in [-0.2, -0.15) is 0 Å². The summed E-state index contributed by atoms with van der Waals surface area (Å²) >= 11 is 0. The van der Waals surface area contributed by atoms with Gasteiger partial charge in [0.1, 0.15) is 0 Å². The number of carbonyl (C=O) groups excluding carboxylic acids is 2. The summed E-state index contributed by atoms with van der Waals surface area (Å²) in [6.45, 7) is 4.35. The van der Waals surface area contributed by atoms with Crippen molar-refractivity contribution in [1.29, 1.82) is 0 Å². The molecule has 0 atom stereocenters. The minimum Gasteiger partial charge on any atom is -0.365 e. The zero-order valence-corrected chi connectivity index (χ0v) is 18.3. The normalized spacial score (nSPS) is 13.2. The lowest BCUT2D eigenvalue weighted by Gasteiger charge is -2.27. The number of hydrogen-bond acceptors (Lipinski definition) is 4. The second-order valence-electron chi connectivity index (χ2n) is 7.98. The molecular weight excluding hydrogens is 400 g/mol. The van der Waals surface area contributed by atoms with Gasteiger partial charge in [-0.3, -0.25) is 9.59 Å². The maximum Gasteiger partial charge on any atom is 0.243 e. The van der Waals surface area contributed by atoms with Gasteiger partial charge in [-0.1, -0.05) is 42.5 Å². The maximum absolute atomic E-state index is 12.8. The minimum absolute atomic E-state index is 0.0661. The summed E-state index contributed by atoms with van der Waals surface area (Å²) in [5, 5.41) is 5.69. The van der Waals surface area contributed by atoms with E-state index in [1.165, 1.54) is 12.5 Å². The Balaban J connectivity index is 1.45. The fraction of sp³-hybridized carbons (Fsp3) is 0.231. The van der Waals surface area contributed by atoms with Crippen molar-refractivity contribution >= 4 is 34.6 Å². The Hall–Kier alpha value is -3.80. The number of hydrogen-bond donors (Lipinski definition) is 2. The van der Waals surface area contributed by atoms with Crippen LogP contribution in [0.15, 0.2) is 78.9 Å². The molecule has 0 spiro atoms. The van der Waals surface area contributed by atoms with Crippen LogP contribution >= 0.6 is 0 Å². The van der Waals surface area contributed by atoms with Crippen LogP contribution in [0, 0.1) is 0 Å². The van der Waals surface area contributed by atoms with Crippen molar-refractivity contribution in [3.63, 3.8) is 0 Å². The van der Waals surface area contributed by atoms with Crippen LogP contribution in [0.5, 0.6) is 0 Å². The maximum atomic E-state index is 12.8. The molecule has 0 saturated heterocycles. The predicted octanol–water partition coefficient (Wildman–Crippen LogP) is 4.50. The van der Waals surface area contributed by atoms with E-state index < -0.39 is 0 Å². The van der Waals surface area contributed by atoms with Crippen molar-refractivity contribution in [3.8, 4) is 0 Å². The van der Waals surface area contributed by atoms with Gasteiger partial charge in [0, 0.05) is 37.9 Å². The van der Waals surface area contributed by atoms with Gasteiger partial charge in [-0.05, 0) is 48.4 Å². The van der Waals surface area contributed by atoms with Crippen LogP contribution in [0.3, 0.4) is 0 Å². The summed E-state index contributed by atoms with van der Waals surface area (Å²) in [4.78, 5) is 28.5. The van der Waals surface area contributed by atoms with Gasteiger partial charge >= 0.3 is 0 Å². The largest absolute Gasteiger partial charge is 0.365 e. The summed E-state index contributed by atoms with van der Waals surface area (Å²) in [6, 6.07) is 25.9. The molecule has 0 unspecified atom stereocenters. The number of nitrogens with zero attached hydrogens (tertiary/aromatic N) is 2. The molecule has 0 bridgehead atoms. The first-order chi connectivity index (χ1) is 15.6. The number of benzene rings is 3. The molecule has 1 heterocycles. The molecule has 0 fully saturated rings. The van der Waals surface area contributed by atoms with Crippen molar-refractivity contribution in [2.75, 3.05) is 40.1 Å². The zero-order valence-electron chi connectivity index (χ0n) is 18.3. The summed E-state index contributed by atoms with van der Waals surface area (Å²) in [6.07, 6.45) is 0.972. The highest BCUT2D eigenvalue weighted by atomic mass is 16.2. The van der Waals surface area contributed by atoms with E-state index in [2.05, 4.69) is 62.9 Å². The SMILES string of the molecule is CC(=O)Nc1ccc(NC(=O)CN2CCCN(Cc3ccccc3)c3ccccc32)cc1. The van der Waals surface area contributed by atoms with E-state index in [4.69, 9.17) is 0 Å². The topological polar surface area (TPSA) is 64.7 Å². The Morgan fingerprint density at radius 2 is 1.31 bits per heavy atom. The highest BCUT2D eigenvalue weighted by Gasteiger charge is 2.22. The van der Waals surface area contributed by atoms with Gasteiger partial charge in [0.2, 0.25) is 11.8 Å². The Labute approximate surface area is 188 Å². The second kappa shape index (κ2) is 10.0. The van der Waals surface area contributed by atoms with Gasteiger partial charge in [-0.15, -0.1) is 0 Å². The van der Waals surface area contributed by atoms with Crippen LogP contribution in [-0.4, -0.2) is 31.4 Å². The number of nitrogens with one attached hydrogen (secondary N) is 2. The van der Waals surface area contributed by atoms with Crippen molar-refractivity contribution in [2.24, 2.45) is 0 Å². The average Bonchev–Trinajstić information content (AvgIpc) is 2.95. The van der Waals surface area contributed by atoms with E-state index in [1.807, 2.05) is 12.1 Å². The minimum atomic E-state index is -0.122. The van der Waals surface area contributed by atoms with Crippen LogP contribution in [-0.2, 0) is 16.1 Å². The molecule has 2 amide bonds. The molecule has 6 nitrogen and oxygen atoms in total. The summed E-state index contributed by atoms with van der Waals surface area (Å²) in [5.74, 6) is -0.188. The van der Waals surface area contributed by atoms with Gasteiger partial charge in [0.05, 0.1) is 17.9 Å². The number of carbonyl (C=O) groups is 2. The molecule has 32 heavy (non-hydrogen) atoms. The molecule has 0 aromatic heterocycles. The van der Waals surface area contributed by atoms with Crippen LogP contribution in [0.2, 0.25) is 0 Å². The lowest BCUT2D eigenvalue weighted by Crippen LogP contribution is -2.33. The smallest absolute Gasteiger partial charge is 0.243 e. The Kier molecular flexibility index (Phi) is 6.70. The van der Waals surface area contributed by atoms with Gasteiger partial charge in [0.25, 0.3) is 0 Å². The van der Waals surface area contributed by atoms with E-state index >= 15 is 0 Å². The molecule has 1 aliphatic heterocycles. The molecule has 164 valence electrons. The molecule has 3 aromatic carbocycles. The molecule has 0 aliphatic carbocycles. The highest BCUT2D eigenvalue weighted by Crippen LogP contribution is 2.33. The second-order valence-corrected chi connectivity index (χ2v) is 7.98. The number of fused-ring (bicyclic) bond motifs is 1. The number of para-hydroxylation sites is 2. The van der Waals surface area contributed by atoms with Gasteiger partial charge in [-0.25, -0.2) is 0 Å². The van der Waals surface area contributed by atoms with Crippen LogP contribution in [0.4, 0.5) is 22.7 Å². The molecule has 2 N–H and O–H groups in total. The Morgan fingerprint density at radius 3 is 1.97 bits per heavy atom. The van der Waals surface area contributed by atoms with E-state index in [1.54, 1.807) is 24.3 Å².